The Kier molecular flexibility index (Phi) is 2.26. The zero-order chi connectivity index (χ0) is 10.1. The fraction of sp³-hybridized carbons (Fsp3) is 0.167. The van der Waals surface area contributed by atoms with Crippen LogP contribution in [0.15, 0.2) is 12.3 Å². The summed E-state index contributed by atoms with van der Waals surface area (Å²) in [5.74, 6) is -2.39. The maximum atomic E-state index is 12.6. The second-order valence-corrected chi connectivity index (χ2v) is 2.10. The van der Waals surface area contributed by atoms with Crippen LogP contribution in [0.4, 0.5) is 23.2 Å². The molecule has 0 radical (unpaired) electrons. The molecule has 0 unspecified atom stereocenters. The smallest absolute Gasteiger partial charge is 0.397 e. The number of nitrogens with zero attached hydrogens (tertiary/aromatic N) is 1. The number of ether oxygens (including phenoxy) is 1. The molecule has 7 heteroatoms. The Labute approximate surface area is 70.1 Å². The maximum Gasteiger partial charge on any atom is 0.574 e. The van der Waals surface area contributed by atoms with Crippen LogP contribution in [0.2, 0.25) is 0 Å². The summed E-state index contributed by atoms with van der Waals surface area (Å²) in [6.45, 7) is 0. The van der Waals surface area contributed by atoms with Gasteiger partial charge in [0.25, 0.3) is 5.88 Å². The molecule has 1 aromatic heterocycles. The molecule has 0 amide bonds. The number of anilines is 1. The number of nitrogens with two attached hydrogens (primary N) is 1. The van der Waals surface area contributed by atoms with Gasteiger partial charge in [-0.25, -0.2) is 9.37 Å². The Morgan fingerprint density at radius 1 is 1.38 bits per heavy atom. The quantitative estimate of drug-likeness (QED) is 0.695. The van der Waals surface area contributed by atoms with Gasteiger partial charge in [0.2, 0.25) is 0 Å². The summed E-state index contributed by atoms with van der Waals surface area (Å²) in [6, 6.07) is 0.689. The van der Waals surface area contributed by atoms with Crippen molar-refractivity contribution in [3.8, 4) is 5.88 Å². The monoisotopic (exact) mass is 196 g/mol. The molecule has 72 valence electrons. The van der Waals surface area contributed by atoms with Gasteiger partial charge in [0.15, 0.2) is 5.82 Å². The van der Waals surface area contributed by atoms with Crippen LogP contribution in [0.1, 0.15) is 0 Å². The molecule has 3 nitrogen and oxygen atoms in total. The molecule has 13 heavy (non-hydrogen) atoms. The predicted octanol–water partition coefficient (Wildman–Crippen LogP) is 1.70. The SMILES string of the molecule is Nc1cnc(OC(F)(F)F)c(F)c1. The molecule has 2 N–H and O–H groups in total. The van der Waals surface area contributed by atoms with E-state index in [2.05, 4.69) is 9.72 Å². The Bertz CT molecular complexity index is 312. The van der Waals surface area contributed by atoms with Gasteiger partial charge in [0.1, 0.15) is 0 Å². The standard InChI is InChI=1S/C6H4F4N2O/c7-4-1-3(11)2-12-5(4)13-6(8,9)10/h1-2H,11H2. The molecule has 0 aliphatic carbocycles. The molecular weight excluding hydrogens is 192 g/mol. The Morgan fingerprint density at radius 3 is 2.46 bits per heavy atom. The van der Waals surface area contributed by atoms with Crippen LogP contribution in [0, 0.1) is 5.82 Å². The van der Waals surface area contributed by atoms with Crippen molar-refractivity contribution in [3.63, 3.8) is 0 Å². The minimum absolute atomic E-state index is 0.0768. The highest BCUT2D eigenvalue weighted by atomic mass is 19.4. The summed E-state index contributed by atoms with van der Waals surface area (Å²) < 4.78 is 50.5. The highest BCUT2D eigenvalue weighted by Gasteiger charge is 2.33. The molecule has 0 spiro atoms. The Morgan fingerprint density at radius 2 is 2.00 bits per heavy atom. The highest BCUT2D eigenvalue weighted by Crippen LogP contribution is 2.23. The van der Waals surface area contributed by atoms with E-state index in [1.807, 2.05) is 0 Å². The number of hydrogen-bond acceptors (Lipinski definition) is 3. The van der Waals surface area contributed by atoms with E-state index >= 15 is 0 Å². The fourth-order valence-electron chi connectivity index (χ4n) is 0.625. The van der Waals surface area contributed by atoms with E-state index in [-0.39, 0.29) is 5.69 Å². The zero-order valence-electron chi connectivity index (χ0n) is 6.10. The third kappa shape index (κ3) is 2.77. The van der Waals surface area contributed by atoms with E-state index in [4.69, 9.17) is 5.73 Å². The van der Waals surface area contributed by atoms with Crippen molar-refractivity contribution in [2.45, 2.75) is 6.36 Å². The first kappa shape index (κ1) is 9.56. The van der Waals surface area contributed by atoms with Gasteiger partial charge in [0.05, 0.1) is 11.9 Å². The van der Waals surface area contributed by atoms with E-state index in [0.29, 0.717) is 6.07 Å². The van der Waals surface area contributed by atoms with Crippen LogP contribution in [-0.4, -0.2) is 11.3 Å². The first-order valence-corrected chi connectivity index (χ1v) is 3.05. The lowest BCUT2D eigenvalue weighted by atomic mass is 10.4. The average Bonchev–Trinajstić information content (AvgIpc) is 1.93. The van der Waals surface area contributed by atoms with E-state index in [9.17, 15) is 17.6 Å². The van der Waals surface area contributed by atoms with Gasteiger partial charge in [-0.1, -0.05) is 0 Å². The van der Waals surface area contributed by atoms with Crippen molar-refractivity contribution in [1.82, 2.24) is 4.98 Å². The molecule has 0 fully saturated rings. The minimum atomic E-state index is -4.95. The van der Waals surface area contributed by atoms with Gasteiger partial charge in [-0.15, -0.1) is 13.2 Å². The van der Waals surface area contributed by atoms with Crippen LogP contribution in [0.25, 0.3) is 0 Å². The summed E-state index contributed by atoms with van der Waals surface area (Å²) in [4.78, 5) is 3.02. The summed E-state index contributed by atoms with van der Waals surface area (Å²) >= 11 is 0. The van der Waals surface area contributed by atoms with E-state index in [1.54, 1.807) is 0 Å². The third-order valence-corrected chi connectivity index (χ3v) is 1.04. The van der Waals surface area contributed by atoms with Gasteiger partial charge in [0, 0.05) is 6.07 Å². The first-order valence-electron chi connectivity index (χ1n) is 3.05. The lowest BCUT2D eigenvalue weighted by Gasteiger charge is -2.07. The minimum Gasteiger partial charge on any atom is -0.397 e. The highest BCUT2D eigenvalue weighted by molar-refractivity contribution is 5.37. The molecule has 0 saturated heterocycles. The summed E-state index contributed by atoms with van der Waals surface area (Å²) in [5, 5.41) is 0. The van der Waals surface area contributed by atoms with E-state index in [1.165, 1.54) is 0 Å². The third-order valence-electron chi connectivity index (χ3n) is 1.04. The summed E-state index contributed by atoms with van der Waals surface area (Å²) in [6.07, 6.45) is -4.09. The molecule has 0 aliphatic rings. The predicted molar refractivity (Wildman–Crippen MR) is 35.3 cm³/mol. The van der Waals surface area contributed by atoms with Gasteiger partial charge in [-0.2, -0.15) is 0 Å². The molecule has 0 bridgehead atoms. The van der Waals surface area contributed by atoms with E-state index in [0.717, 1.165) is 6.20 Å². The number of pyridine rings is 1. The van der Waals surface area contributed by atoms with Crippen LogP contribution < -0.4 is 10.5 Å². The van der Waals surface area contributed by atoms with Gasteiger partial charge >= 0.3 is 6.36 Å². The van der Waals surface area contributed by atoms with Crippen molar-refractivity contribution in [2.24, 2.45) is 0 Å². The fourth-order valence-corrected chi connectivity index (χ4v) is 0.625. The number of rotatable bonds is 1. The lowest BCUT2D eigenvalue weighted by molar-refractivity contribution is -0.277. The van der Waals surface area contributed by atoms with Crippen LogP contribution in [0.3, 0.4) is 0 Å². The van der Waals surface area contributed by atoms with Crippen LogP contribution in [-0.2, 0) is 0 Å². The molecule has 0 saturated carbocycles. The average molecular weight is 196 g/mol. The number of nitrogen functional groups attached to an aromatic ring is 1. The molecule has 0 atom stereocenters. The molecular formula is C6H4F4N2O. The number of alkyl halides is 3. The molecule has 1 aromatic rings. The van der Waals surface area contributed by atoms with Gasteiger partial charge in [-0.3, -0.25) is 0 Å². The Balaban J connectivity index is 2.90. The van der Waals surface area contributed by atoms with Crippen LogP contribution >= 0.6 is 0 Å². The van der Waals surface area contributed by atoms with Gasteiger partial charge < -0.3 is 10.5 Å². The van der Waals surface area contributed by atoms with Crippen LogP contribution in [0.5, 0.6) is 5.88 Å². The van der Waals surface area contributed by atoms with E-state index < -0.39 is 18.1 Å². The topological polar surface area (TPSA) is 48.1 Å². The lowest BCUT2D eigenvalue weighted by Crippen LogP contribution is -2.18. The normalized spacial score (nSPS) is 11.4. The van der Waals surface area contributed by atoms with Crippen molar-refractivity contribution in [3.05, 3.63) is 18.1 Å². The molecule has 0 aliphatic heterocycles. The van der Waals surface area contributed by atoms with Crippen molar-refractivity contribution in [2.75, 3.05) is 5.73 Å². The van der Waals surface area contributed by atoms with Crippen molar-refractivity contribution < 1.29 is 22.3 Å². The molecule has 1 rings (SSSR count). The summed E-state index contributed by atoms with van der Waals surface area (Å²) in [7, 11) is 0. The van der Waals surface area contributed by atoms with Crippen molar-refractivity contribution >= 4 is 5.69 Å². The second-order valence-electron chi connectivity index (χ2n) is 2.10. The Hall–Kier alpha value is -1.53. The summed E-state index contributed by atoms with van der Waals surface area (Å²) in [5.41, 5.74) is 4.98. The zero-order valence-corrected chi connectivity index (χ0v) is 6.10. The number of aromatic nitrogens is 1. The van der Waals surface area contributed by atoms with Gasteiger partial charge in [-0.05, 0) is 0 Å². The largest absolute Gasteiger partial charge is 0.574 e. The number of hydrogen-bond donors (Lipinski definition) is 1. The first-order chi connectivity index (χ1) is 5.88. The maximum absolute atomic E-state index is 12.6. The molecule has 1 heterocycles. The van der Waals surface area contributed by atoms with Crippen molar-refractivity contribution in [1.29, 1.82) is 0 Å². The number of halogens is 4. The second kappa shape index (κ2) is 3.08. The molecule has 0 aromatic carbocycles.